The minimum absolute atomic E-state index is 0.571. The lowest BCUT2D eigenvalue weighted by Crippen LogP contribution is -2.05. The molecule has 1 N–H and O–H groups in total. The Morgan fingerprint density at radius 1 is 1.22 bits per heavy atom. The number of anilines is 1. The Bertz CT molecular complexity index is 661. The van der Waals surface area contributed by atoms with E-state index < -0.39 is 0 Å². The monoisotopic (exact) mass is 241 g/mol. The van der Waals surface area contributed by atoms with E-state index in [0.717, 1.165) is 11.5 Å². The SMILES string of the molecule is Cc1nnc2c(NCc3ccncn3)nccn12. The fraction of sp³-hybridized carbons (Fsp3) is 0.182. The van der Waals surface area contributed by atoms with Crippen LogP contribution in [0.15, 0.2) is 31.0 Å². The summed E-state index contributed by atoms with van der Waals surface area (Å²) in [5.74, 6) is 1.52. The highest BCUT2D eigenvalue weighted by molar-refractivity contribution is 5.61. The topological polar surface area (TPSA) is 80.9 Å². The Labute approximate surface area is 103 Å². The van der Waals surface area contributed by atoms with Crippen molar-refractivity contribution >= 4 is 11.5 Å². The third-order valence-corrected chi connectivity index (χ3v) is 2.58. The number of hydrogen-bond donors (Lipinski definition) is 1. The Morgan fingerprint density at radius 2 is 2.17 bits per heavy atom. The van der Waals surface area contributed by atoms with Crippen LogP contribution in [-0.2, 0) is 6.54 Å². The van der Waals surface area contributed by atoms with Crippen LogP contribution in [0.5, 0.6) is 0 Å². The van der Waals surface area contributed by atoms with Crippen LogP contribution in [0.3, 0.4) is 0 Å². The van der Waals surface area contributed by atoms with Crippen molar-refractivity contribution in [2.45, 2.75) is 13.5 Å². The van der Waals surface area contributed by atoms with E-state index in [0.29, 0.717) is 18.0 Å². The first kappa shape index (κ1) is 10.6. The number of hydrogen-bond acceptors (Lipinski definition) is 6. The molecule has 3 aromatic heterocycles. The molecule has 3 heterocycles. The molecule has 7 nitrogen and oxygen atoms in total. The minimum Gasteiger partial charge on any atom is -0.361 e. The van der Waals surface area contributed by atoms with Crippen molar-refractivity contribution in [3.05, 3.63) is 42.5 Å². The van der Waals surface area contributed by atoms with Gasteiger partial charge < -0.3 is 5.32 Å². The van der Waals surface area contributed by atoms with E-state index in [1.165, 1.54) is 6.33 Å². The zero-order valence-electron chi connectivity index (χ0n) is 9.78. The second-order valence-electron chi connectivity index (χ2n) is 3.77. The molecular formula is C11H11N7. The van der Waals surface area contributed by atoms with Crippen LogP contribution in [0.25, 0.3) is 5.65 Å². The summed E-state index contributed by atoms with van der Waals surface area (Å²) in [7, 11) is 0. The Morgan fingerprint density at radius 3 is 3.00 bits per heavy atom. The summed E-state index contributed by atoms with van der Waals surface area (Å²) in [6.45, 7) is 2.47. The van der Waals surface area contributed by atoms with Crippen LogP contribution in [0.4, 0.5) is 5.82 Å². The highest BCUT2D eigenvalue weighted by atomic mass is 15.3. The van der Waals surface area contributed by atoms with Gasteiger partial charge in [-0.2, -0.15) is 0 Å². The maximum absolute atomic E-state index is 4.26. The molecule has 0 amide bonds. The molecule has 0 aliphatic rings. The van der Waals surface area contributed by atoms with Gasteiger partial charge >= 0.3 is 0 Å². The summed E-state index contributed by atoms with van der Waals surface area (Å²) in [5.41, 5.74) is 1.61. The predicted octanol–water partition coefficient (Wildman–Crippen LogP) is 0.835. The first-order chi connectivity index (χ1) is 8.84. The van der Waals surface area contributed by atoms with Gasteiger partial charge in [-0.15, -0.1) is 10.2 Å². The molecule has 0 saturated heterocycles. The summed E-state index contributed by atoms with van der Waals surface area (Å²) in [6, 6.07) is 1.85. The highest BCUT2D eigenvalue weighted by Crippen LogP contribution is 2.12. The Kier molecular flexibility index (Phi) is 2.56. The van der Waals surface area contributed by atoms with Crippen LogP contribution in [0, 0.1) is 6.92 Å². The van der Waals surface area contributed by atoms with Gasteiger partial charge in [0.15, 0.2) is 5.82 Å². The first-order valence-electron chi connectivity index (χ1n) is 5.50. The molecule has 0 fully saturated rings. The van der Waals surface area contributed by atoms with Gasteiger partial charge in [-0.3, -0.25) is 4.40 Å². The van der Waals surface area contributed by atoms with Gasteiger partial charge in [0.25, 0.3) is 0 Å². The molecule has 3 rings (SSSR count). The van der Waals surface area contributed by atoms with E-state index in [-0.39, 0.29) is 0 Å². The first-order valence-corrected chi connectivity index (χ1v) is 5.50. The summed E-state index contributed by atoms with van der Waals surface area (Å²) in [5, 5.41) is 11.3. The number of aryl methyl sites for hydroxylation is 1. The van der Waals surface area contributed by atoms with Crippen LogP contribution in [0.1, 0.15) is 11.5 Å². The second-order valence-corrected chi connectivity index (χ2v) is 3.77. The third-order valence-electron chi connectivity index (χ3n) is 2.58. The largest absolute Gasteiger partial charge is 0.361 e. The summed E-state index contributed by atoms with van der Waals surface area (Å²) in [4.78, 5) is 12.3. The number of nitrogens with one attached hydrogen (secondary N) is 1. The van der Waals surface area contributed by atoms with Gasteiger partial charge in [0, 0.05) is 18.6 Å². The molecule has 18 heavy (non-hydrogen) atoms. The summed E-state index contributed by atoms with van der Waals surface area (Å²) >= 11 is 0. The van der Waals surface area contributed by atoms with Gasteiger partial charge in [0.05, 0.1) is 12.2 Å². The standard InChI is InChI=1S/C11H11N7/c1-8-16-17-11-10(13-4-5-18(8)11)14-6-9-2-3-12-7-15-9/h2-5,7H,6H2,1H3,(H,13,14). The van der Waals surface area contributed by atoms with Crippen molar-refractivity contribution in [2.24, 2.45) is 0 Å². The highest BCUT2D eigenvalue weighted by Gasteiger charge is 2.07. The Balaban J connectivity index is 1.87. The van der Waals surface area contributed by atoms with Gasteiger partial charge in [0.1, 0.15) is 12.2 Å². The maximum atomic E-state index is 4.26. The zero-order valence-corrected chi connectivity index (χ0v) is 9.78. The van der Waals surface area contributed by atoms with E-state index in [1.807, 2.05) is 23.6 Å². The Hall–Kier alpha value is -2.57. The van der Waals surface area contributed by atoms with Gasteiger partial charge in [-0.25, -0.2) is 15.0 Å². The number of nitrogens with zero attached hydrogens (tertiary/aromatic N) is 6. The average molecular weight is 241 g/mol. The molecule has 0 aliphatic carbocycles. The van der Waals surface area contributed by atoms with Crippen LogP contribution >= 0.6 is 0 Å². The quantitative estimate of drug-likeness (QED) is 0.731. The molecule has 0 unspecified atom stereocenters. The van der Waals surface area contributed by atoms with E-state index in [2.05, 4.69) is 30.5 Å². The average Bonchev–Trinajstić information content (AvgIpc) is 2.80. The van der Waals surface area contributed by atoms with E-state index >= 15 is 0 Å². The molecule has 0 aromatic carbocycles. The molecular weight excluding hydrogens is 230 g/mol. The van der Waals surface area contributed by atoms with Gasteiger partial charge in [-0.05, 0) is 13.0 Å². The van der Waals surface area contributed by atoms with Crippen molar-refractivity contribution in [3.63, 3.8) is 0 Å². The predicted molar refractivity (Wildman–Crippen MR) is 64.9 cm³/mol. The van der Waals surface area contributed by atoms with E-state index in [9.17, 15) is 0 Å². The van der Waals surface area contributed by atoms with Crippen molar-refractivity contribution in [1.29, 1.82) is 0 Å². The lowest BCUT2D eigenvalue weighted by molar-refractivity contribution is 0.984. The molecule has 0 aliphatic heterocycles. The number of fused-ring (bicyclic) bond motifs is 1. The molecule has 3 aromatic rings. The van der Waals surface area contributed by atoms with Crippen LogP contribution < -0.4 is 5.32 Å². The molecule has 0 spiro atoms. The fourth-order valence-electron chi connectivity index (χ4n) is 1.66. The maximum Gasteiger partial charge on any atom is 0.203 e. The van der Waals surface area contributed by atoms with Crippen molar-refractivity contribution in [2.75, 3.05) is 5.32 Å². The van der Waals surface area contributed by atoms with Crippen LogP contribution in [0.2, 0.25) is 0 Å². The molecule has 0 saturated carbocycles. The number of aromatic nitrogens is 6. The third kappa shape index (κ3) is 1.86. The fourth-order valence-corrected chi connectivity index (χ4v) is 1.66. The zero-order chi connectivity index (χ0) is 12.4. The van der Waals surface area contributed by atoms with Crippen molar-refractivity contribution in [3.8, 4) is 0 Å². The van der Waals surface area contributed by atoms with Gasteiger partial charge in [-0.1, -0.05) is 0 Å². The second kappa shape index (κ2) is 4.36. The molecule has 7 heteroatoms. The molecule has 90 valence electrons. The van der Waals surface area contributed by atoms with Crippen molar-refractivity contribution < 1.29 is 0 Å². The van der Waals surface area contributed by atoms with Crippen LogP contribution in [-0.4, -0.2) is 29.5 Å². The minimum atomic E-state index is 0.571. The van der Waals surface area contributed by atoms with Crippen molar-refractivity contribution in [1.82, 2.24) is 29.5 Å². The molecule has 0 radical (unpaired) electrons. The normalized spacial score (nSPS) is 10.7. The summed E-state index contributed by atoms with van der Waals surface area (Å²) < 4.78 is 1.88. The lowest BCUT2D eigenvalue weighted by atomic mass is 10.4. The smallest absolute Gasteiger partial charge is 0.203 e. The molecule has 0 bridgehead atoms. The van der Waals surface area contributed by atoms with Gasteiger partial charge in [0.2, 0.25) is 5.65 Å². The van der Waals surface area contributed by atoms with E-state index in [4.69, 9.17) is 0 Å². The van der Waals surface area contributed by atoms with E-state index in [1.54, 1.807) is 12.4 Å². The lowest BCUT2D eigenvalue weighted by Gasteiger charge is -2.05. The molecule has 0 atom stereocenters. The summed E-state index contributed by atoms with van der Waals surface area (Å²) in [6.07, 6.45) is 6.78. The number of rotatable bonds is 3.